The van der Waals surface area contributed by atoms with E-state index in [0.29, 0.717) is 11.7 Å². The van der Waals surface area contributed by atoms with E-state index in [1.165, 1.54) is 11.5 Å². The van der Waals surface area contributed by atoms with Crippen molar-refractivity contribution in [2.75, 3.05) is 20.2 Å². The van der Waals surface area contributed by atoms with Gasteiger partial charge in [0.15, 0.2) is 22.9 Å². The summed E-state index contributed by atoms with van der Waals surface area (Å²) in [6.45, 7) is 4.62. The highest BCUT2D eigenvalue weighted by molar-refractivity contribution is 7.09. The van der Waals surface area contributed by atoms with Gasteiger partial charge < -0.3 is 34.8 Å². The maximum atomic E-state index is 10.3. The second-order valence-electron chi connectivity index (χ2n) is 9.38. The van der Waals surface area contributed by atoms with Gasteiger partial charge in [-0.15, -0.1) is 5.10 Å². The van der Waals surface area contributed by atoms with Crippen molar-refractivity contribution in [1.29, 1.82) is 0 Å². The van der Waals surface area contributed by atoms with E-state index in [9.17, 15) is 19.5 Å². The number of hydrogen-bond acceptors (Lipinski definition) is 12. The molecule has 216 valence electrons. The Morgan fingerprint density at radius 2 is 1.88 bits per heavy atom. The fraction of sp³-hybridized carbons (Fsp3) is 0.440. The summed E-state index contributed by atoms with van der Waals surface area (Å²) in [5.74, 6) is -3.29. The quantitative estimate of drug-likeness (QED) is 0.233. The number of methoxy groups -OCH3 is 1. The van der Waals surface area contributed by atoms with Gasteiger partial charge in [-0.2, -0.15) is 0 Å². The highest BCUT2D eigenvalue weighted by atomic mass is 32.1. The number of aromatic nitrogens is 3. The number of aromatic hydroxyl groups is 1. The Morgan fingerprint density at radius 3 is 2.42 bits per heavy atom. The zero-order valence-electron chi connectivity index (χ0n) is 21.8. The Balaban J connectivity index is 0.000000289. The SMILES string of the molecule is COc1ccc(CN2CCCC(c3nnsc3-c3cc(C)no3)C2)cc1O.O=C(O)CC(O)(CC(=O)O)C(=O)O. The first-order valence-electron chi connectivity index (χ1n) is 12.2. The van der Waals surface area contributed by atoms with Crippen LogP contribution in [-0.2, 0) is 20.9 Å². The summed E-state index contributed by atoms with van der Waals surface area (Å²) in [4.78, 5) is 33.9. The Kier molecular flexibility index (Phi) is 10.1. The lowest BCUT2D eigenvalue weighted by Crippen LogP contribution is -2.42. The molecule has 1 aliphatic rings. The molecule has 1 aromatic carbocycles. The number of carbonyl (C=O) groups is 3. The van der Waals surface area contributed by atoms with Crippen molar-refractivity contribution in [3.05, 3.63) is 41.2 Å². The molecule has 1 saturated heterocycles. The van der Waals surface area contributed by atoms with E-state index in [2.05, 4.69) is 19.6 Å². The Hall–Kier alpha value is -4.08. The molecular formula is C25H30N4O10S. The summed E-state index contributed by atoms with van der Waals surface area (Å²) >= 11 is 1.36. The van der Waals surface area contributed by atoms with E-state index in [-0.39, 0.29) is 5.75 Å². The van der Waals surface area contributed by atoms with E-state index in [4.69, 9.17) is 29.7 Å². The van der Waals surface area contributed by atoms with Gasteiger partial charge in [-0.25, -0.2) is 4.79 Å². The van der Waals surface area contributed by atoms with Gasteiger partial charge >= 0.3 is 17.9 Å². The number of benzene rings is 1. The van der Waals surface area contributed by atoms with Crippen molar-refractivity contribution >= 4 is 29.4 Å². The van der Waals surface area contributed by atoms with Crippen molar-refractivity contribution in [2.24, 2.45) is 0 Å². The molecule has 0 amide bonds. The lowest BCUT2D eigenvalue weighted by Gasteiger charge is -2.32. The number of carboxylic acid groups (broad SMARTS) is 3. The molecule has 40 heavy (non-hydrogen) atoms. The Labute approximate surface area is 232 Å². The molecular weight excluding hydrogens is 548 g/mol. The number of carboxylic acids is 3. The van der Waals surface area contributed by atoms with E-state index >= 15 is 0 Å². The summed E-state index contributed by atoms with van der Waals surface area (Å²) in [5.41, 5.74) is 0.182. The highest BCUT2D eigenvalue weighted by Crippen LogP contribution is 2.36. The molecule has 4 rings (SSSR count). The van der Waals surface area contributed by atoms with Gasteiger partial charge in [-0.3, -0.25) is 14.5 Å². The number of phenolic OH excluding ortho intramolecular Hbond substituents is 1. The van der Waals surface area contributed by atoms with E-state index in [1.807, 2.05) is 19.1 Å². The number of phenols is 1. The van der Waals surface area contributed by atoms with Crippen LogP contribution in [0.5, 0.6) is 11.5 Å². The number of piperidine rings is 1. The summed E-state index contributed by atoms with van der Waals surface area (Å²) < 4.78 is 14.7. The van der Waals surface area contributed by atoms with E-state index in [0.717, 1.165) is 60.1 Å². The van der Waals surface area contributed by atoms with Gasteiger partial charge in [0.05, 0.1) is 31.3 Å². The topological polar surface area (TPSA) is 217 Å². The van der Waals surface area contributed by atoms with Crippen LogP contribution in [-0.4, -0.2) is 88.9 Å². The third kappa shape index (κ3) is 7.97. The van der Waals surface area contributed by atoms with Crippen LogP contribution in [0, 0.1) is 6.92 Å². The number of likely N-dealkylation sites (tertiary alicyclic amines) is 1. The van der Waals surface area contributed by atoms with Crippen LogP contribution in [0.25, 0.3) is 10.6 Å². The number of aryl methyl sites for hydroxylation is 1. The monoisotopic (exact) mass is 578 g/mol. The summed E-state index contributed by atoms with van der Waals surface area (Å²) in [6.07, 6.45) is -0.113. The number of hydrogen-bond donors (Lipinski definition) is 5. The molecule has 1 aliphatic heterocycles. The van der Waals surface area contributed by atoms with Crippen LogP contribution in [0.15, 0.2) is 28.8 Å². The number of aliphatic hydroxyl groups is 1. The molecule has 0 saturated carbocycles. The average molecular weight is 579 g/mol. The van der Waals surface area contributed by atoms with Crippen molar-refractivity contribution in [3.63, 3.8) is 0 Å². The first-order valence-corrected chi connectivity index (χ1v) is 12.9. The third-order valence-electron chi connectivity index (χ3n) is 6.19. The largest absolute Gasteiger partial charge is 0.504 e. The number of aliphatic carboxylic acids is 3. The fourth-order valence-electron chi connectivity index (χ4n) is 4.33. The lowest BCUT2D eigenvalue weighted by molar-refractivity contribution is -0.170. The van der Waals surface area contributed by atoms with Gasteiger partial charge in [0.1, 0.15) is 4.88 Å². The second kappa shape index (κ2) is 13.3. The highest BCUT2D eigenvalue weighted by Gasteiger charge is 2.40. The molecule has 1 atom stereocenters. The van der Waals surface area contributed by atoms with Crippen molar-refractivity contribution in [2.45, 2.75) is 50.7 Å². The molecule has 15 heteroatoms. The van der Waals surface area contributed by atoms with Gasteiger partial charge in [0, 0.05) is 25.1 Å². The molecule has 1 fully saturated rings. The predicted octanol–water partition coefficient (Wildman–Crippen LogP) is 2.35. The van der Waals surface area contributed by atoms with Crippen LogP contribution in [0.3, 0.4) is 0 Å². The van der Waals surface area contributed by atoms with Gasteiger partial charge in [-0.1, -0.05) is 15.7 Å². The average Bonchev–Trinajstić information content (AvgIpc) is 3.53. The molecule has 1 unspecified atom stereocenters. The minimum Gasteiger partial charge on any atom is -0.504 e. The smallest absolute Gasteiger partial charge is 0.336 e. The van der Waals surface area contributed by atoms with Gasteiger partial charge in [-0.05, 0) is 55.5 Å². The standard InChI is InChI=1S/C19H22N4O3S.C6H8O7/c1-12-8-17(26-21-12)19-18(20-22-27-19)14-4-3-7-23(11-14)10-13-5-6-16(25-2)15(24)9-13;7-3(8)1-6(13,5(11)12)2-4(9)10/h5-6,8-9,14,24H,3-4,7,10-11H2,1-2H3;13H,1-2H2,(H,7,8)(H,9,10)(H,11,12). The minimum atomic E-state index is -2.74. The summed E-state index contributed by atoms with van der Waals surface area (Å²) in [7, 11) is 1.56. The Bertz CT molecular complexity index is 1320. The van der Waals surface area contributed by atoms with Crippen LogP contribution < -0.4 is 4.74 Å². The van der Waals surface area contributed by atoms with E-state index < -0.39 is 36.4 Å². The summed E-state index contributed by atoms with van der Waals surface area (Å²) in [6, 6.07) is 7.51. The van der Waals surface area contributed by atoms with E-state index in [1.54, 1.807) is 19.2 Å². The zero-order chi connectivity index (χ0) is 29.4. The molecule has 0 bridgehead atoms. The molecule has 5 N–H and O–H groups in total. The van der Waals surface area contributed by atoms with Crippen LogP contribution in [0.1, 0.15) is 48.6 Å². The van der Waals surface area contributed by atoms with Crippen molar-refractivity contribution in [3.8, 4) is 22.1 Å². The van der Waals surface area contributed by atoms with Gasteiger partial charge in [0.25, 0.3) is 0 Å². The molecule has 0 radical (unpaired) electrons. The maximum Gasteiger partial charge on any atom is 0.336 e. The fourth-order valence-corrected chi connectivity index (χ4v) is 5.03. The van der Waals surface area contributed by atoms with Gasteiger partial charge in [0.2, 0.25) is 0 Å². The lowest BCUT2D eigenvalue weighted by atomic mass is 9.93. The van der Waals surface area contributed by atoms with Crippen LogP contribution >= 0.6 is 11.5 Å². The number of ether oxygens (including phenoxy) is 1. The van der Waals surface area contributed by atoms with Crippen LogP contribution in [0.4, 0.5) is 0 Å². The van der Waals surface area contributed by atoms with Crippen molar-refractivity contribution in [1.82, 2.24) is 19.6 Å². The molecule has 3 heterocycles. The first-order chi connectivity index (χ1) is 18.9. The first kappa shape index (κ1) is 30.5. The van der Waals surface area contributed by atoms with Crippen molar-refractivity contribution < 1.29 is 49.2 Å². The maximum absolute atomic E-state index is 10.3. The molecule has 0 spiro atoms. The minimum absolute atomic E-state index is 0.176. The third-order valence-corrected chi connectivity index (χ3v) is 6.95. The number of nitrogens with zero attached hydrogens (tertiary/aromatic N) is 4. The molecule has 3 aromatic rings. The molecule has 2 aromatic heterocycles. The predicted molar refractivity (Wildman–Crippen MR) is 139 cm³/mol. The molecule has 0 aliphatic carbocycles. The van der Waals surface area contributed by atoms with Crippen LogP contribution in [0.2, 0.25) is 0 Å². The zero-order valence-corrected chi connectivity index (χ0v) is 22.6. The normalized spacial score (nSPS) is 15.6. The second-order valence-corrected chi connectivity index (χ2v) is 10.1. The number of rotatable bonds is 10. The Morgan fingerprint density at radius 1 is 1.18 bits per heavy atom. The summed E-state index contributed by atoms with van der Waals surface area (Å²) in [5, 5.41) is 52.2. The molecule has 14 nitrogen and oxygen atoms in total.